The summed E-state index contributed by atoms with van der Waals surface area (Å²) in [6.07, 6.45) is 8.92. The molecule has 2 nitrogen and oxygen atoms in total. The molecule has 0 saturated carbocycles. The number of rotatable bonds is 8. The van der Waals surface area contributed by atoms with Crippen LogP contribution in [0.3, 0.4) is 0 Å². The normalized spacial score (nSPS) is 16.8. The smallest absolute Gasteiger partial charge is 0.124 e. The van der Waals surface area contributed by atoms with Crippen LogP contribution in [-0.2, 0) is 0 Å². The highest BCUT2D eigenvalue weighted by atomic mass is 16.5. The van der Waals surface area contributed by atoms with Gasteiger partial charge in [-0.15, -0.1) is 0 Å². The first-order valence-corrected chi connectivity index (χ1v) is 9.94. The van der Waals surface area contributed by atoms with Gasteiger partial charge in [0.05, 0.1) is 6.61 Å². The van der Waals surface area contributed by atoms with Crippen LogP contribution < -0.4 is 10.1 Å². The number of fused-ring (bicyclic) bond motifs is 1. The van der Waals surface area contributed by atoms with Crippen LogP contribution in [0.5, 0.6) is 5.75 Å². The minimum atomic E-state index is 0.425. The minimum absolute atomic E-state index is 0.425. The molecule has 0 bridgehead atoms. The lowest BCUT2D eigenvalue weighted by Gasteiger charge is -2.19. The van der Waals surface area contributed by atoms with Crippen LogP contribution in [0.1, 0.15) is 63.5 Å². The molecule has 0 amide bonds. The summed E-state index contributed by atoms with van der Waals surface area (Å²) >= 11 is 0. The van der Waals surface area contributed by atoms with E-state index in [-0.39, 0.29) is 0 Å². The summed E-state index contributed by atoms with van der Waals surface area (Å²) in [4.78, 5) is 0. The molecule has 0 aliphatic carbocycles. The molecule has 0 aromatic heterocycles. The van der Waals surface area contributed by atoms with E-state index in [9.17, 15) is 0 Å². The highest BCUT2D eigenvalue weighted by Crippen LogP contribution is 2.35. The molecule has 3 rings (SSSR count). The molecule has 2 aromatic carbocycles. The van der Waals surface area contributed by atoms with Crippen molar-refractivity contribution in [1.29, 1.82) is 0 Å². The predicted molar refractivity (Wildman–Crippen MR) is 106 cm³/mol. The van der Waals surface area contributed by atoms with Gasteiger partial charge in [-0.3, -0.25) is 0 Å². The van der Waals surface area contributed by atoms with Gasteiger partial charge in [-0.2, -0.15) is 0 Å². The zero-order valence-corrected chi connectivity index (χ0v) is 15.5. The van der Waals surface area contributed by atoms with Gasteiger partial charge in [0.2, 0.25) is 0 Å². The molecule has 0 saturated heterocycles. The third kappa shape index (κ3) is 5.09. The van der Waals surface area contributed by atoms with E-state index in [4.69, 9.17) is 4.74 Å². The Hall–Kier alpha value is -1.80. The zero-order valence-electron chi connectivity index (χ0n) is 15.5. The van der Waals surface area contributed by atoms with E-state index in [0.29, 0.717) is 6.04 Å². The van der Waals surface area contributed by atoms with Gasteiger partial charge in [0.15, 0.2) is 0 Å². The first-order chi connectivity index (χ1) is 12.4. The van der Waals surface area contributed by atoms with Gasteiger partial charge >= 0.3 is 0 Å². The molecule has 1 unspecified atom stereocenters. The minimum Gasteiger partial charge on any atom is -0.493 e. The Balaban J connectivity index is 1.65. The summed E-state index contributed by atoms with van der Waals surface area (Å²) < 4.78 is 6.06. The lowest BCUT2D eigenvalue weighted by Crippen LogP contribution is -2.22. The summed E-state index contributed by atoms with van der Waals surface area (Å²) in [6, 6.07) is 17.7. The van der Waals surface area contributed by atoms with Crippen molar-refractivity contribution in [2.75, 3.05) is 13.2 Å². The molecule has 1 heterocycles. The Morgan fingerprint density at radius 3 is 2.64 bits per heavy atom. The fraction of sp³-hybridized carbons (Fsp3) is 0.478. The molecule has 0 spiro atoms. The van der Waals surface area contributed by atoms with E-state index in [2.05, 4.69) is 60.8 Å². The largest absolute Gasteiger partial charge is 0.493 e. The SMILES string of the molecule is CCCCCCCNC1CCCOc2cc(-c3ccccc3)ccc21. The van der Waals surface area contributed by atoms with E-state index in [1.165, 1.54) is 48.8 Å². The zero-order chi connectivity index (χ0) is 17.3. The summed E-state index contributed by atoms with van der Waals surface area (Å²) in [5, 5.41) is 3.77. The number of unbranched alkanes of at least 4 members (excludes halogenated alkanes) is 4. The van der Waals surface area contributed by atoms with Crippen molar-refractivity contribution in [2.45, 2.75) is 57.9 Å². The van der Waals surface area contributed by atoms with Gasteiger partial charge < -0.3 is 10.1 Å². The maximum atomic E-state index is 6.06. The fourth-order valence-electron chi connectivity index (χ4n) is 3.60. The van der Waals surface area contributed by atoms with Crippen molar-refractivity contribution < 1.29 is 4.74 Å². The number of hydrogen-bond acceptors (Lipinski definition) is 2. The average Bonchev–Trinajstić information content (AvgIpc) is 2.87. The van der Waals surface area contributed by atoms with Crippen LogP contribution >= 0.6 is 0 Å². The molecule has 0 fully saturated rings. The van der Waals surface area contributed by atoms with E-state index in [0.717, 1.165) is 31.7 Å². The summed E-state index contributed by atoms with van der Waals surface area (Å²) in [7, 11) is 0. The Labute approximate surface area is 152 Å². The van der Waals surface area contributed by atoms with Crippen molar-refractivity contribution >= 4 is 0 Å². The molecule has 1 aliphatic rings. The highest BCUT2D eigenvalue weighted by molar-refractivity contribution is 5.66. The lowest BCUT2D eigenvalue weighted by molar-refractivity contribution is 0.315. The van der Waals surface area contributed by atoms with Crippen molar-refractivity contribution in [3.8, 4) is 16.9 Å². The second-order valence-electron chi connectivity index (χ2n) is 7.03. The van der Waals surface area contributed by atoms with Gasteiger partial charge in [-0.1, -0.05) is 75.1 Å². The van der Waals surface area contributed by atoms with Crippen LogP contribution in [0, 0.1) is 0 Å². The molecular formula is C23H31NO. The predicted octanol–water partition coefficient (Wildman–Crippen LogP) is 6.13. The number of nitrogens with one attached hydrogen (secondary N) is 1. The summed E-state index contributed by atoms with van der Waals surface area (Å²) in [6.45, 7) is 4.19. The van der Waals surface area contributed by atoms with Crippen molar-refractivity contribution in [2.24, 2.45) is 0 Å². The third-order valence-corrected chi connectivity index (χ3v) is 5.06. The molecule has 0 radical (unpaired) electrons. The molecule has 1 aliphatic heterocycles. The lowest BCUT2D eigenvalue weighted by atomic mass is 9.97. The van der Waals surface area contributed by atoms with E-state index in [1.807, 2.05) is 0 Å². The van der Waals surface area contributed by atoms with Crippen LogP contribution in [0.4, 0.5) is 0 Å². The molecule has 1 N–H and O–H groups in total. The van der Waals surface area contributed by atoms with Crippen molar-refractivity contribution in [1.82, 2.24) is 5.32 Å². The summed E-state index contributed by atoms with van der Waals surface area (Å²) in [5.41, 5.74) is 3.81. The molecular weight excluding hydrogens is 306 g/mol. The standard InChI is InChI=1S/C23H31NO/c1-2-3-4-5-9-16-24-22-13-10-17-25-23-18-20(14-15-21(22)23)19-11-7-6-8-12-19/h6-8,11-12,14-15,18,22,24H,2-5,9-10,13,16-17H2,1H3. The number of benzene rings is 2. The monoisotopic (exact) mass is 337 g/mol. The average molecular weight is 338 g/mol. The Kier molecular flexibility index (Phi) is 6.93. The Bertz CT molecular complexity index is 638. The quantitative estimate of drug-likeness (QED) is 0.585. The van der Waals surface area contributed by atoms with E-state index >= 15 is 0 Å². The van der Waals surface area contributed by atoms with Gasteiger partial charge in [0, 0.05) is 11.6 Å². The second-order valence-corrected chi connectivity index (χ2v) is 7.03. The van der Waals surface area contributed by atoms with Crippen LogP contribution in [0.25, 0.3) is 11.1 Å². The van der Waals surface area contributed by atoms with Gasteiger partial charge in [0.1, 0.15) is 5.75 Å². The van der Waals surface area contributed by atoms with Gasteiger partial charge in [0.25, 0.3) is 0 Å². The van der Waals surface area contributed by atoms with E-state index < -0.39 is 0 Å². The van der Waals surface area contributed by atoms with Gasteiger partial charge in [-0.25, -0.2) is 0 Å². The van der Waals surface area contributed by atoms with Crippen LogP contribution in [0.2, 0.25) is 0 Å². The van der Waals surface area contributed by atoms with Crippen molar-refractivity contribution in [3.63, 3.8) is 0 Å². The van der Waals surface area contributed by atoms with Gasteiger partial charge in [-0.05, 0) is 43.0 Å². The molecule has 25 heavy (non-hydrogen) atoms. The number of hydrogen-bond donors (Lipinski definition) is 1. The summed E-state index contributed by atoms with van der Waals surface area (Å²) in [5.74, 6) is 1.06. The van der Waals surface area contributed by atoms with E-state index in [1.54, 1.807) is 0 Å². The second kappa shape index (κ2) is 9.62. The maximum Gasteiger partial charge on any atom is 0.124 e. The molecule has 2 aromatic rings. The highest BCUT2D eigenvalue weighted by Gasteiger charge is 2.19. The molecule has 2 heteroatoms. The fourth-order valence-corrected chi connectivity index (χ4v) is 3.60. The number of ether oxygens (including phenoxy) is 1. The first-order valence-electron chi connectivity index (χ1n) is 9.94. The topological polar surface area (TPSA) is 21.3 Å². The Morgan fingerprint density at radius 2 is 1.80 bits per heavy atom. The third-order valence-electron chi connectivity index (χ3n) is 5.06. The molecule has 134 valence electrons. The Morgan fingerprint density at radius 1 is 0.960 bits per heavy atom. The molecule has 1 atom stereocenters. The maximum absolute atomic E-state index is 6.06. The van der Waals surface area contributed by atoms with Crippen molar-refractivity contribution in [3.05, 3.63) is 54.1 Å². The van der Waals surface area contributed by atoms with Crippen LogP contribution in [0.15, 0.2) is 48.5 Å². The first kappa shape index (κ1) is 18.0. The van der Waals surface area contributed by atoms with Crippen LogP contribution in [-0.4, -0.2) is 13.2 Å².